The molecule has 0 unspecified atom stereocenters. The molecule has 0 bridgehead atoms. The standard InChI is InChI=1S/C15H20ClN3O2/c1-15(2)13(20)19(14(21)17-15)8-7-18(3)10-11-5-4-6-12(16)9-11/h4-6,9H,7-8,10H2,1-3H3,(H,17,21). The van der Waals surface area contributed by atoms with Crippen molar-refractivity contribution in [3.05, 3.63) is 34.9 Å². The molecule has 1 aromatic carbocycles. The Kier molecular flexibility index (Phi) is 4.54. The van der Waals surface area contributed by atoms with Crippen molar-refractivity contribution in [1.29, 1.82) is 0 Å². The van der Waals surface area contributed by atoms with Gasteiger partial charge in [0.2, 0.25) is 0 Å². The van der Waals surface area contributed by atoms with Crippen molar-refractivity contribution >= 4 is 23.5 Å². The topological polar surface area (TPSA) is 52.6 Å². The Morgan fingerprint density at radius 3 is 2.62 bits per heavy atom. The molecule has 5 nitrogen and oxygen atoms in total. The lowest BCUT2D eigenvalue weighted by atomic mass is 10.1. The number of rotatable bonds is 5. The van der Waals surface area contributed by atoms with Crippen LogP contribution in [0.3, 0.4) is 0 Å². The summed E-state index contributed by atoms with van der Waals surface area (Å²) < 4.78 is 0. The number of hydrogen-bond acceptors (Lipinski definition) is 3. The fourth-order valence-corrected chi connectivity index (χ4v) is 2.53. The van der Waals surface area contributed by atoms with Gasteiger partial charge in [0.15, 0.2) is 0 Å². The van der Waals surface area contributed by atoms with E-state index in [0.717, 1.165) is 5.56 Å². The molecule has 1 N–H and O–H groups in total. The normalized spacial score (nSPS) is 17.5. The highest BCUT2D eigenvalue weighted by Crippen LogP contribution is 2.16. The van der Waals surface area contributed by atoms with E-state index < -0.39 is 5.54 Å². The van der Waals surface area contributed by atoms with Crippen molar-refractivity contribution in [1.82, 2.24) is 15.1 Å². The summed E-state index contributed by atoms with van der Waals surface area (Å²) in [4.78, 5) is 27.2. The van der Waals surface area contributed by atoms with Crippen LogP contribution in [0.15, 0.2) is 24.3 Å². The summed E-state index contributed by atoms with van der Waals surface area (Å²) in [6, 6.07) is 7.33. The molecule has 2 rings (SSSR count). The zero-order valence-electron chi connectivity index (χ0n) is 12.5. The lowest BCUT2D eigenvalue weighted by Gasteiger charge is -2.21. The smallest absolute Gasteiger partial charge is 0.324 e. The molecule has 0 radical (unpaired) electrons. The van der Waals surface area contributed by atoms with Crippen LogP contribution in [0, 0.1) is 0 Å². The summed E-state index contributed by atoms with van der Waals surface area (Å²) >= 11 is 5.95. The number of urea groups is 1. The lowest BCUT2D eigenvalue weighted by Crippen LogP contribution is -2.41. The highest BCUT2D eigenvalue weighted by Gasteiger charge is 2.43. The number of benzene rings is 1. The van der Waals surface area contributed by atoms with E-state index in [-0.39, 0.29) is 11.9 Å². The van der Waals surface area contributed by atoms with Gasteiger partial charge >= 0.3 is 6.03 Å². The Balaban J connectivity index is 1.88. The van der Waals surface area contributed by atoms with Crippen LogP contribution >= 0.6 is 11.6 Å². The first-order valence-corrected chi connectivity index (χ1v) is 7.24. The Morgan fingerprint density at radius 2 is 2.05 bits per heavy atom. The van der Waals surface area contributed by atoms with Crippen molar-refractivity contribution in [3.8, 4) is 0 Å². The average Bonchev–Trinajstić information content (AvgIpc) is 2.56. The molecule has 1 aliphatic heterocycles. The second-order valence-corrected chi connectivity index (χ2v) is 6.32. The summed E-state index contributed by atoms with van der Waals surface area (Å²) in [5.41, 5.74) is 0.297. The molecule has 1 aromatic rings. The van der Waals surface area contributed by atoms with Crippen LogP contribution in [0.25, 0.3) is 0 Å². The average molecular weight is 310 g/mol. The van der Waals surface area contributed by atoms with E-state index in [0.29, 0.717) is 24.7 Å². The Morgan fingerprint density at radius 1 is 1.33 bits per heavy atom. The van der Waals surface area contributed by atoms with E-state index in [2.05, 4.69) is 10.2 Å². The third kappa shape index (κ3) is 3.74. The van der Waals surface area contributed by atoms with Crippen LogP contribution in [0.4, 0.5) is 4.79 Å². The van der Waals surface area contributed by atoms with Gasteiger partial charge in [-0.1, -0.05) is 23.7 Å². The fourth-order valence-electron chi connectivity index (χ4n) is 2.32. The molecular weight excluding hydrogens is 290 g/mol. The number of imide groups is 1. The maximum atomic E-state index is 12.1. The van der Waals surface area contributed by atoms with Gasteiger partial charge in [-0.3, -0.25) is 9.69 Å². The first kappa shape index (κ1) is 15.8. The molecule has 0 saturated carbocycles. The van der Waals surface area contributed by atoms with Crippen molar-refractivity contribution in [3.63, 3.8) is 0 Å². The summed E-state index contributed by atoms with van der Waals surface area (Å²) in [6.07, 6.45) is 0. The van der Waals surface area contributed by atoms with Gasteiger partial charge in [-0.05, 0) is 38.6 Å². The molecule has 114 valence electrons. The first-order valence-electron chi connectivity index (χ1n) is 6.87. The monoisotopic (exact) mass is 309 g/mol. The molecule has 0 aliphatic carbocycles. The maximum absolute atomic E-state index is 12.1. The molecule has 1 saturated heterocycles. The van der Waals surface area contributed by atoms with Gasteiger partial charge < -0.3 is 10.2 Å². The summed E-state index contributed by atoms with van der Waals surface area (Å²) in [5.74, 6) is -0.177. The minimum atomic E-state index is -0.803. The molecule has 6 heteroatoms. The molecule has 1 heterocycles. The zero-order chi connectivity index (χ0) is 15.6. The highest BCUT2D eigenvalue weighted by molar-refractivity contribution is 6.30. The molecule has 0 atom stereocenters. The van der Waals surface area contributed by atoms with Crippen molar-refractivity contribution in [2.75, 3.05) is 20.1 Å². The third-order valence-electron chi connectivity index (χ3n) is 3.49. The van der Waals surface area contributed by atoms with E-state index in [1.54, 1.807) is 13.8 Å². The van der Waals surface area contributed by atoms with Gasteiger partial charge in [0.1, 0.15) is 5.54 Å². The van der Waals surface area contributed by atoms with E-state index >= 15 is 0 Å². The van der Waals surface area contributed by atoms with E-state index in [4.69, 9.17) is 11.6 Å². The van der Waals surface area contributed by atoms with E-state index in [1.165, 1.54) is 4.90 Å². The number of hydrogen-bond donors (Lipinski definition) is 1. The van der Waals surface area contributed by atoms with Gasteiger partial charge in [-0.25, -0.2) is 4.79 Å². The summed E-state index contributed by atoms with van der Waals surface area (Å²) in [6.45, 7) is 5.13. The molecule has 1 aliphatic rings. The Bertz CT molecular complexity index is 560. The van der Waals surface area contributed by atoms with E-state index in [9.17, 15) is 9.59 Å². The predicted octanol–water partition coefficient (Wildman–Crippen LogP) is 2.10. The van der Waals surface area contributed by atoms with Gasteiger partial charge in [0, 0.05) is 24.7 Å². The van der Waals surface area contributed by atoms with Crippen molar-refractivity contribution < 1.29 is 9.59 Å². The number of carbonyl (C=O) groups is 2. The van der Waals surface area contributed by atoms with E-state index in [1.807, 2.05) is 31.3 Å². The first-order chi connectivity index (χ1) is 9.79. The number of nitrogens with one attached hydrogen (secondary N) is 1. The molecule has 21 heavy (non-hydrogen) atoms. The number of nitrogens with zero attached hydrogens (tertiary/aromatic N) is 2. The van der Waals surface area contributed by atoms with Crippen LogP contribution in [-0.2, 0) is 11.3 Å². The van der Waals surface area contributed by atoms with Gasteiger partial charge in [0.05, 0.1) is 0 Å². The van der Waals surface area contributed by atoms with Gasteiger partial charge in [0.25, 0.3) is 5.91 Å². The molecule has 0 aromatic heterocycles. The number of amides is 3. The van der Waals surface area contributed by atoms with Gasteiger partial charge in [-0.15, -0.1) is 0 Å². The van der Waals surface area contributed by atoms with Crippen LogP contribution < -0.4 is 5.32 Å². The second kappa shape index (κ2) is 6.03. The Hall–Kier alpha value is -1.59. The highest BCUT2D eigenvalue weighted by atomic mass is 35.5. The Labute approximate surface area is 129 Å². The predicted molar refractivity (Wildman–Crippen MR) is 82.1 cm³/mol. The molecule has 0 spiro atoms. The summed E-state index contributed by atoms with van der Waals surface area (Å²) in [5, 5.41) is 3.38. The fraction of sp³-hybridized carbons (Fsp3) is 0.467. The molecule has 3 amide bonds. The largest absolute Gasteiger partial charge is 0.325 e. The minimum Gasteiger partial charge on any atom is -0.324 e. The van der Waals surface area contributed by atoms with Crippen LogP contribution in [-0.4, -0.2) is 47.4 Å². The zero-order valence-corrected chi connectivity index (χ0v) is 13.3. The van der Waals surface area contributed by atoms with Crippen molar-refractivity contribution in [2.24, 2.45) is 0 Å². The van der Waals surface area contributed by atoms with Crippen LogP contribution in [0.1, 0.15) is 19.4 Å². The summed E-state index contributed by atoms with van der Waals surface area (Å²) in [7, 11) is 1.95. The quantitative estimate of drug-likeness (QED) is 0.848. The number of halogens is 1. The number of carbonyl (C=O) groups excluding carboxylic acids is 2. The maximum Gasteiger partial charge on any atom is 0.325 e. The minimum absolute atomic E-state index is 0.177. The molecule has 1 fully saturated rings. The van der Waals surface area contributed by atoms with Crippen LogP contribution in [0.5, 0.6) is 0 Å². The van der Waals surface area contributed by atoms with Gasteiger partial charge in [-0.2, -0.15) is 0 Å². The van der Waals surface area contributed by atoms with Crippen molar-refractivity contribution in [2.45, 2.75) is 25.9 Å². The SMILES string of the molecule is CN(CCN1C(=O)NC(C)(C)C1=O)Cc1cccc(Cl)c1. The third-order valence-corrected chi connectivity index (χ3v) is 3.73. The van der Waals surface area contributed by atoms with Crippen LogP contribution in [0.2, 0.25) is 5.02 Å². The lowest BCUT2D eigenvalue weighted by molar-refractivity contribution is -0.130. The number of likely N-dealkylation sites (N-methyl/N-ethyl adjacent to an activating group) is 1. The second-order valence-electron chi connectivity index (χ2n) is 5.88. The molecular formula is C15H20ClN3O2.